The molecule has 0 saturated heterocycles. The molecule has 2 heterocycles. The molecule has 3 aromatic rings. The Labute approximate surface area is 172 Å². The Morgan fingerprint density at radius 2 is 1.70 bits per heavy atom. The molecule has 2 aromatic heterocycles. The summed E-state index contributed by atoms with van der Waals surface area (Å²) >= 11 is 0. The highest BCUT2D eigenvalue weighted by atomic mass is 16.2. The van der Waals surface area contributed by atoms with Crippen LogP contribution in [0.5, 0.6) is 0 Å². The molecule has 0 bridgehead atoms. The largest absolute Gasteiger partial charge is 0.348 e. The second-order valence-corrected chi connectivity index (χ2v) is 8.24. The molecule has 0 spiro atoms. The molecular weight excluding hydrogens is 382 g/mol. The smallest absolute Gasteiger partial charge is 0.272 e. The minimum atomic E-state index is -0.311. The number of hydrogen-bond donors (Lipinski definition) is 2. The van der Waals surface area contributed by atoms with Crippen molar-refractivity contribution in [1.82, 2.24) is 25.3 Å². The highest BCUT2D eigenvalue weighted by molar-refractivity contribution is 6.04. The lowest BCUT2D eigenvalue weighted by atomic mass is 9.91. The predicted octanol–water partition coefficient (Wildman–Crippen LogP) is 2.27. The minimum Gasteiger partial charge on any atom is -0.348 e. The summed E-state index contributed by atoms with van der Waals surface area (Å²) in [5, 5.41) is 15.0. The maximum atomic E-state index is 12.8. The SMILES string of the molecule is O=C(NC1CCC(n2nc(C3CC3)ccc2=O)CC1)c1n[nH]c(=O)c2ccccc12. The van der Waals surface area contributed by atoms with Gasteiger partial charge in [-0.25, -0.2) is 9.78 Å². The fourth-order valence-electron chi connectivity index (χ4n) is 4.30. The summed E-state index contributed by atoms with van der Waals surface area (Å²) in [4.78, 5) is 37.0. The molecule has 2 fully saturated rings. The molecule has 154 valence electrons. The minimum absolute atomic E-state index is 0.00329. The molecule has 0 aliphatic heterocycles. The normalized spacial score (nSPS) is 21.5. The van der Waals surface area contributed by atoms with E-state index in [0.717, 1.165) is 44.2 Å². The molecule has 0 atom stereocenters. The summed E-state index contributed by atoms with van der Waals surface area (Å²) in [7, 11) is 0. The van der Waals surface area contributed by atoms with Crippen LogP contribution in [-0.2, 0) is 0 Å². The van der Waals surface area contributed by atoms with E-state index in [0.29, 0.717) is 16.7 Å². The Hall–Kier alpha value is -3.29. The summed E-state index contributed by atoms with van der Waals surface area (Å²) in [6, 6.07) is 10.5. The molecule has 2 saturated carbocycles. The number of aromatic nitrogens is 4. The number of benzene rings is 1. The van der Waals surface area contributed by atoms with Crippen LogP contribution in [0.3, 0.4) is 0 Å². The molecular formula is C22H23N5O3. The third-order valence-corrected chi connectivity index (χ3v) is 6.13. The van der Waals surface area contributed by atoms with Gasteiger partial charge >= 0.3 is 0 Å². The standard InChI is InChI=1S/C22H23N5O3/c28-19-12-11-18(13-5-6-13)26-27(19)15-9-7-14(8-10-15)23-22(30)20-16-3-1-2-4-17(16)21(29)25-24-20/h1-4,11-15H,5-10H2,(H,23,30)(H,25,29). The van der Waals surface area contributed by atoms with E-state index in [1.807, 2.05) is 6.07 Å². The summed E-state index contributed by atoms with van der Waals surface area (Å²) in [6.45, 7) is 0. The van der Waals surface area contributed by atoms with E-state index in [4.69, 9.17) is 0 Å². The molecule has 2 N–H and O–H groups in total. The lowest BCUT2D eigenvalue weighted by Crippen LogP contribution is -2.40. The topological polar surface area (TPSA) is 110 Å². The van der Waals surface area contributed by atoms with Crippen molar-refractivity contribution in [2.45, 2.75) is 56.5 Å². The lowest BCUT2D eigenvalue weighted by Gasteiger charge is -2.29. The van der Waals surface area contributed by atoms with Crippen molar-refractivity contribution in [2.24, 2.45) is 0 Å². The first kappa shape index (κ1) is 18.7. The highest BCUT2D eigenvalue weighted by Gasteiger charge is 2.29. The van der Waals surface area contributed by atoms with Gasteiger partial charge in [0, 0.05) is 23.4 Å². The molecule has 2 aliphatic rings. The van der Waals surface area contributed by atoms with Crippen molar-refractivity contribution in [3.8, 4) is 0 Å². The number of carbonyl (C=O) groups excluding carboxylic acids is 1. The molecule has 30 heavy (non-hydrogen) atoms. The quantitative estimate of drug-likeness (QED) is 0.692. The zero-order valence-corrected chi connectivity index (χ0v) is 16.5. The predicted molar refractivity (Wildman–Crippen MR) is 112 cm³/mol. The van der Waals surface area contributed by atoms with E-state index >= 15 is 0 Å². The third-order valence-electron chi connectivity index (χ3n) is 6.13. The summed E-state index contributed by atoms with van der Waals surface area (Å²) in [5.74, 6) is 0.212. The summed E-state index contributed by atoms with van der Waals surface area (Å²) < 4.78 is 1.64. The Morgan fingerprint density at radius 1 is 0.967 bits per heavy atom. The first-order chi connectivity index (χ1) is 14.6. The van der Waals surface area contributed by atoms with Gasteiger partial charge < -0.3 is 5.32 Å². The Balaban J connectivity index is 1.28. The van der Waals surface area contributed by atoms with Crippen LogP contribution in [0.15, 0.2) is 46.0 Å². The Morgan fingerprint density at radius 3 is 2.43 bits per heavy atom. The van der Waals surface area contributed by atoms with Crippen LogP contribution in [0.25, 0.3) is 10.8 Å². The molecule has 2 aliphatic carbocycles. The highest BCUT2D eigenvalue weighted by Crippen LogP contribution is 2.38. The fourth-order valence-corrected chi connectivity index (χ4v) is 4.30. The molecule has 0 unspecified atom stereocenters. The van der Waals surface area contributed by atoms with Gasteiger partial charge in [-0.05, 0) is 50.7 Å². The van der Waals surface area contributed by atoms with Gasteiger partial charge in [-0.2, -0.15) is 10.2 Å². The molecule has 8 heteroatoms. The number of nitrogens with one attached hydrogen (secondary N) is 2. The van der Waals surface area contributed by atoms with E-state index in [1.54, 1.807) is 35.0 Å². The fraction of sp³-hybridized carbons (Fsp3) is 0.409. The summed E-state index contributed by atoms with van der Waals surface area (Å²) in [5.41, 5.74) is 0.869. The van der Waals surface area contributed by atoms with Crippen molar-refractivity contribution < 1.29 is 4.79 Å². The van der Waals surface area contributed by atoms with Crippen molar-refractivity contribution >= 4 is 16.7 Å². The van der Waals surface area contributed by atoms with E-state index < -0.39 is 0 Å². The average Bonchev–Trinajstić information content (AvgIpc) is 3.61. The molecule has 8 nitrogen and oxygen atoms in total. The zero-order valence-electron chi connectivity index (χ0n) is 16.5. The number of hydrogen-bond acceptors (Lipinski definition) is 5. The van der Waals surface area contributed by atoms with Crippen molar-refractivity contribution in [1.29, 1.82) is 0 Å². The Bertz CT molecular complexity index is 1220. The maximum Gasteiger partial charge on any atom is 0.272 e. The van der Waals surface area contributed by atoms with Crippen molar-refractivity contribution in [3.63, 3.8) is 0 Å². The number of aromatic amines is 1. The van der Waals surface area contributed by atoms with Crippen molar-refractivity contribution in [3.05, 3.63) is 68.5 Å². The monoisotopic (exact) mass is 405 g/mol. The number of fused-ring (bicyclic) bond motifs is 1. The van der Waals surface area contributed by atoms with Gasteiger partial charge in [0.1, 0.15) is 0 Å². The second kappa shape index (κ2) is 7.51. The number of H-pyrrole nitrogens is 1. The molecule has 1 amide bonds. The first-order valence-corrected chi connectivity index (χ1v) is 10.5. The second-order valence-electron chi connectivity index (χ2n) is 8.24. The zero-order chi connectivity index (χ0) is 20.7. The van der Waals surface area contributed by atoms with Gasteiger partial charge in [0.25, 0.3) is 17.0 Å². The number of nitrogens with zero attached hydrogens (tertiary/aromatic N) is 3. The average molecular weight is 405 g/mol. The number of carbonyl (C=O) groups is 1. The molecule has 5 rings (SSSR count). The van der Waals surface area contributed by atoms with E-state index in [2.05, 4.69) is 20.6 Å². The van der Waals surface area contributed by atoms with Crippen LogP contribution in [0.2, 0.25) is 0 Å². The van der Waals surface area contributed by atoms with Gasteiger partial charge in [0.15, 0.2) is 5.69 Å². The third kappa shape index (κ3) is 3.53. The maximum absolute atomic E-state index is 12.8. The molecule has 0 radical (unpaired) electrons. The summed E-state index contributed by atoms with van der Waals surface area (Å²) in [6.07, 6.45) is 5.39. The number of amides is 1. The van der Waals surface area contributed by atoms with Crippen LogP contribution >= 0.6 is 0 Å². The van der Waals surface area contributed by atoms with Crippen LogP contribution < -0.4 is 16.4 Å². The van der Waals surface area contributed by atoms with Gasteiger partial charge in [0.2, 0.25) is 0 Å². The van der Waals surface area contributed by atoms with Gasteiger partial charge in [-0.3, -0.25) is 14.4 Å². The van der Waals surface area contributed by atoms with Crippen molar-refractivity contribution in [2.75, 3.05) is 0 Å². The molecule has 1 aromatic carbocycles. The van der Waals surface area contributed by atoms with E-state index in [-0.39, 0.29) is 34.8 Å². The van der Waals surface area contributed by atoms with Crippen LogP contribution in [0, 0.1) is 0 Å². The van der Waals surface area contributed by atoms with E-state index in [9.17, 15) is 14.4 Å². The van der Waals surface area contributed by atoms with Gasteiger partial charge in [-0.1, -0.05) is 18.2 Å². The van der Waals surface area contributed by atoms with Gasteiger partial charge in [0.05, 0.1) is 17.1 Å². The van der Waals surface area contributed by atoms with E-state index in [1.165, 1.54) is 0 Å². The van der Waals surface area contributed by atoms with Crippen LogP contribution in [0.4, 0.5) is 0 Å². The van der Waals surface area contributed by atoms with Gasteiger partial charge in [-0.15, -0.1) is 0 Å². The van der Waals surface area contributed by atoms with Crippen LogP contribution in [0.1, 0.15) is 66.7 Å². The first-order valence-electron chi connectivity index (χ1n) is 10.5. The number of rotatable bonds is 4. The van der Waals surface area contributed by atoms with Crippen LogP contribution in [-0.4, -0.2) is 31.9 Å². The lowest BCUT2D eigenvalue weighted by molar-refractivity contribution is 0.0917. The Kier molecular flexibility index (Phi) is 4.69.